The number of thiazole rings is 1. The molecule has 218 valence electrons. The van der Waals surface area contributed by atoms with E-state index in [0.29, 0.717) is 15.3 Å². The Bertz CT molecular complexity index is 1700. The predicted molar refractivity (Wildman–Crippen MR) is 156 cm³/mol. The van der Waals surface area contributed by atoms with Crippen molar-refractivity contribution in [1.82, 2.24) is 14.3 Å². The quantitative estimate of drug-likeness (QED) is 0.221. The maximum absolute atomic E-state index is 13.8. The zero-order valence-corrected chi connectivity index (χ0v) is 25.2. The predicted octanol–water partition coefficient (Wildman–Crippen LogP) is 3.23. The molecule has 0 radical (unpaired) electrons. The number of anilines is 1. The smallest absolute Gasteiger partial charge is 0.260 e. The van der Waals surface area contributed by atoms with Crippen LogP contribution in [-0.2, 0) is 35.9 Å². The molecule has 0 unspecified atom stereocenters. The molecule has 0 bridgehead atoms. The molecule has 41 heavy (non-hydrogen) atoms. The molecule has 4 rings (SSSR count). The van der Waals surface area contributed by atoms with Gasteiger partial charge in [0, 0.05) is 51.5 Å². The van der Waals surface area contributed by atoms with Gasteiger partial charge >= 0.3 is 0 Å². The number of carbonyl (C=O) groups excluding carboxylic acids is 1. The number of rotatable bonds is 13. The Balaban J connectivity index is 1.68. The lowest BCUT2D eigenvalue weighted by Gasteiger charge is -2.22. The van der Waals surface area contributed by atoms with Crippen LogP contribution in [0.1, 0.15) is 15.9 Å². The Labute approximate surface area is 243 Å². The number of hydrogen-bond acceptors (Lipinski definition) is 10. The van der Waals surface area contributed by atoms with Gasteiger partial charge in [-0.2, -0.15) is 4.31 Å². The van der Waals surface area contributed by atoms with E-state index >= 15 is 0 Å². The van der Waals surface area contributed by atoms with Gasteiger partial charge in [0.2, 0.25) is 10.0 Å². The van der Waals surface area contributed by atoms with Crippen LogP contribution in [-0.4, -0.2) is 83.8 Å². The molecule has 1 amide bonds. The number of carbonyl (C=O) groups is 1. The van der Waals surface area contributed by atoms with Crippen molar-refractivity contribution >= 4 is 52.5 Å². The number of amides is 1. The van der Waals surface area contributed by atoms with E-state index in [1.165, 1.54) is 71.2 Å². The molecule has 0 saturated carbocycles. The van der Waals surface area contributed by atoms with Crippen LogP contribution in [0.4, 0.5) is 5.13 Å². The monoisotopic (exact) mass is 618 g/mol. The molecule has 2 heterocycles. The summed E-state index contributed by atoms with van der Waals surface area (Å²) in [6.45, 7) is 0.890. The minimum absolute atomic E-state index is 0.0355. The SMILES string of the molecule is COCCN(CCOC)S(=O)(=O)c1ccc(C(=O)N(Cc2cccnc2)c2nc3ccc(S(C)(=O)=O)cc3s2)cc1. The van der Waals surface area contributed by atoms with E-state index in [1.54, 1.807) is 24.5 Å². The Morgan fingerprint density at radius 2 is 1.59 bits per heavy atom. The number of sulfonamides is 1. The minimum atomic E-state index is -3.86. The van der Waals surface area contributed by atoms with E-state index in [-0.39, 0.29) is 48.2 Å². The third-order valence-corrected chi connectivity index (χ3v) is 10.2. The van der Waals surface area contributed by atoms with E-state index in [2.05, 4.69) is 9.97 Å². The normalized spacial score (nSPS) is 12.2. The Kier molecular flexibility index (Phi) is 9.84. The number of methoxy groups -OCH3 is 2. The number of nitrogens with zero attached hydrogens (tertiary/aromatic N) is 4. The number of aromatic nitrogens is 2. The average molecular weight is 619 g/mol. The average Bonchev–Trinajstić information content (AvgIpc) is 3.39. The van der Waals surface area contributed by atoms with Crippen LogP contribution in [0.5, 0.6) is 0 Å². The maximum Gasteiger partial charge on any atom is 0.260 e. The molecule has 0 spiro atoms. The van der Waals surface area contributed by atoms with E-state index in [4.69, 9.17) is 9.47 Å². The standard InChI is InChI=1S/C27H30N4O7S3/c1-37-15-13-30(14-16-38-2)41(35,36)22-8-6-21(7-9-22)26(32)31(19-20-5-4-12-28-18-20)27-29-24-11-10-23(40(3,33)34)17-25(24)39-27/h4-12,17-18H,13-16,19H2,1-3H3. The lowest BCUT2D eigenvalue weighted by molar-refractivity contribution is 0.0985. The Morgan fingerprint density at radius 1 is 0.927 bits per heavy atom. The summed E-state index contributed by atoms with van der Waals surface area (Å²) >= 11 is 1.19. The first-order valence-corrected chi connectivity index (χ1v) is 16.6. The maximum atomic E-state index is 13.8. The molecule has 0 saturated heterocycles. The largest absolute Gasteiger partial charge is 0.383 e. The van der Waals surface area contributed by atoms with Crippen molar-refractivity contribution in [3.8, 4) is 0 Å². The van der Waals surface area contributed by atoms with Gasteiger partial charge in [-0.05, 0) is 54.1 Å². The van der Waals surface area contributed by atoms with E-state index in [0.717, 1.165) is 11.8 Å². The van der Waals surface area contributed by atoms with Gasteiger partial charge in [0.05, 0.1) is 39.8 Å². The second kappa shape index (κ2) is 13.1. The summed E-state index contributed by atoms with van der Waals surface area (Å²) in [6, 6.07) is 13.9. The third kappa shape index (κ3) is 7.33. The van der Waals surface area contributed by atoms with Crippen molar-refractivity contribution in [1.29, 1.82) is 0 Å². The highest BCUT2D eigenvalue weighted by Gasteiger charge is 2.26. The number of benzene rings is 2. The number of fused-ring (bicyclic) bond motifs is 1. The van der Waals surface area contributed by atoms with Crippen LogP contribution >= 0.6 is 11.3 Å². The molecule has 4 aromatic rings. The fourth-order valence-electron chi connectivity index (χ4n) is 3.95. The highest BCUT2D eigenvalue weighted by molar-refractivity contribution is 7.90. The van der Waals surface area contributed by atoms with Gasteiger partial charge in [0.15, 0.2) is 15.0 Å². The molecule has 0 aliphatic carbocycles. The lowest BCUT2D eigenvalue weighted by atomic mass is 10.2. The van der Waals surface area contributed by atoms with Gasteiger partial charge in [0.25, 0.3) is 5.91 Å². The van der Waals surface area contributed by atoms with Crippen LogP contribution in [0.3, 0.4) is 0 Å². The second-order valence-electron chi connectivity index (χ2n) is 9.06. The van der Waals surface area contributed by atoms with E-state index < -0.39 is 25.8 Å². The van der Waals surface area contributed by atoms with Gasteiger partial charge < -0.3 is 9.47 Å². The molecule has 0 aliphatic rings. The zero-order chi connectivity index (χ0) is 29.6. The Hall–Kier alpha value is -3.27. The van der Waals surface area contributed by atoms with Gasteiger partial charge in [-0.15, -0.1) is 0 Å². The highest BCUT2D eigenvalue weighted by atomic mass is 32.2. The summed E-state index contributed by atoms with van der Waals surface area (Å²) in [5.41, 5.74) is 1.56. The fourth-order valence-corrected chi connectivity index (χ4v) is 7.08. The molecule has 0 fully saturated rings. The summed E-state index contributed by atoms with van der Waals surface area (Å²) in [7, 11) is -4.29. The van der Waals surface area contributed by atoms with Crippen LogP contribution in [0, 0.1) is 0 Å². The lowest BCUT2D eigenvalue weighted by Crippen LogP contribution is -2.36. The topological polar surface area (TPSA) is 136 Å². The van der Waals surface area contributed by atoms with Crippen LogP contribution < -0.4 is 4.90 Å². The van der Waals surface area contributed by atoms with Crippen molar-refractivity contribution < 1.29 is 31.1 Å². The summed E-state index contributed by atoms with van der Waals surface area (Å²) in [6.07, 6.45) is 4.40. The zero-order valence-electron chi connectivity index (χ0n) is 22.8. The van der Waals surface area contributed by atoms with Gasteiger partial charge in [-0.1, -0.05) is 17.4 Å². The first kappa shape index (κ1) is 30.7. The van der Waals surface area contributed by atoms with Crippen molar-refractivity contribution in [2.45, 2.75) is 16.3 Å². The summed E-state index contributed by atoms with van der Waals surface area (Å²) in [5.74, 6) is -0.407. The number of hydrogen-bond donors (Lipinski definition) is 0. The van der Waals surface area contributed by atoms with Crippen LogP contribution in [0.2, 0.25) is 0 Å². The molecule has 11 nitrogen and oxygen atoms in total. The molecule has 2 aromatic heterocycles. The van der Waals surface area contributed by atoms with Crippen LogP contribution in [0.15, 0.2) is 76.8 Å². The van der Waals surface area contributed by atoms with Gasteiger partial charge in [0.1, 0.15) is 0 Å². The van der Waals surface area contributed by atoms with Gasteiger partial charge in [-0.3, -0.25) is 14.7 Å². The Morgan fingerprint density at radius 3 is 2.17 bits per heavy atom. The first-order chi connectivity index (χ1) is 19.5. The van der Waals surface area contributed by atoms with Crippen molar-refractivity contribution in [2.24, 2.45) is 0 Å². The third-order valence-electron chi connectivity index (χ3n) is 6.14. The van der Waals surface area contributed by atoms with E-state index in [9.17, 15) is 21.6 Å². The molecule has 2 aromatic carbocycles. The molecule has 0 aliphatic heterocycles. The van der Waals surface area contributed by atoms with Gasteiger partial charge in [-0.25, -0.2) is 21.8 Å². The molecule has 0 N–H and O–H groups in total. The van der Waals surface area contributed by atoms with E-state index in [1.807, 2.05) is 6.07 Å². The summed E-state index contributed by atoms with van der Waals surface area (Å²) in [4.78, 5) is 24.2. The number of pyridine rings is 1. The summed E-state index contributed by atoms with van der Waals surface area (Å²) < 4.78 is 62.7. The minimum Gasteiger partial charge on any atom is -0.383 e. The molecule has 0 atom stereocenters. The molecular weight excluding hydrogens is 589 g/mol. The summed E-state index contributed by atoms with van der Waals surface area (Å²) in [5, 5.41) is 0.363. The molecule has 14 heteroatoms. The first-order valence-electron chi connectivity index (χ1n) is 12.4. The highest BCUT2D eigenvalue weighted by Crippen LogP contribution is 2.32. The number of ether oxygens (including phenoxy) is 2. The van der Waals surface area contributed by atoms with Crippen LogP contribution in [0.25, 0.3) is 10.2 Å². The van der Waals surface area contributed by atoms with Crippen molar-refractivity contribution in [3.05, 3.63) is 78.1 Å². The van der Waals surface area contributed by atoms with Crippen molar-refractivity contribution in [3.63, 3.8) is 0 Å². The fraction of sp³-hybridized carbons (Fsp3) is 0.296. The number of sulfone groups is 1. The second-order valence-corrected chi connectivity index (χ2v) is 14.0. The van der Waals surface area contributed by atoms with Crippen molar-refractivity contribution in [2.75, 3.05) is 51.7 Å². The molecular formula is C27H30N4O7S3.